The summed E-state index contributed by atoms with van der Waals surface area (Å²) in [5.41, 5.74) is 6.52. The van der Waals surface area contributed by atoms with Gasteiger partial charge >= 0.3 is 0 Å². The third kappa shape index (κ3) is 2.80. The number of rotatable bonds is 2. The van der Waals surface area contributed by atoms with Crippen molar-refractivity contribution in [2.24, 2.45) is 0 Å². The van der Waals surface area contributed by atoms with Crippen molar-refractivity contribution < 1.29 is 9.53 Å². The van der Waals surface area contributed by atoms with Gasteiger partial charge in [0.05, 0.1) is 5.69 Å². The Kier molecular flexibility index (Phi) is 3.94. The van der Waals surface area contributed by atoms with Gasteiger partial charge in [-0.15, -0.1) is 11.3 Å². The van der Waals surface area contributed by atoms with Gasteiger partial charge in [-0.1, -0.05) is 22.0 Å². The largest absolute Gasteiger partial charge is 0.397 e. The molecule has 0 unspecified atom stereocenters. The highest BCUT2D eigenvalue weighted by molar-refractivity contribution is 9.10. The van der Waals surface area contributed by atoms with E-state index < -0.39 is 0 Å². The fourth-order valence-electron chi connectivity index (χ4n) is 2.58. The van der Waals surface area contributed by atoms with Gasteiger partial charge in [-0.3, -0.25) is 4.79 Å². The Hall–Kier alpha value is -1.11. The summed E-state index contributed by atoms with van der Waals surface area (Å²) in [5.74, 6) is -0.0926. The molecule has 0 bridgehead atoms. The second kappa shape index (κ2) is 5.59. The van der Waals surface area contributed by atoms with Crippen LogP contribution in [0.2, 0.25) is 0 Å². The van der Waals surface area contributed by atoms with E-state index in [-0.39, 0.29) is 11.4 Å². The number of anilines is 1. The van der Waals surface area contributed by atoms with Gasteiger partial charge in [0.2, 0.25) is 0 Å². The molecule has 1 aliphatic heterocycles. The zero-order valence-electron chi connectivity index (χ0n) is 11.7. The second-order valence-corrected chi connectivity index (χ2v) is 7.49. The van der Waals surface area contributed by atoms with Crippen molar-refractivity contribution in [1.82, 2.24) is 5.32 Å². The number of nitrogens with two attached hydrogens (primary N) is 1. The Labute approximate surface area is 135 Å². The van der Waals surface area contributed by atoms with Crippen LogP contribution in [0.4, 0.5) is 5.69 Å². The second-order valence-electron chi connectivity index (χ2n) is 5.58. The molecule has 6 heteroatoms. The fourth-order valence-corrected chi connectivity index (χ4v) is 4.33. The molecule has 1 aliphatic rings. The molecule has 2 aromatic rings. The lowest BCUT2D eigenvalue weighted by Gasteiger charge is -2.34. The number of carbonyl (C=O) groups is 1. The minimum absolute atomic E-state index is 0.0926. The first-order chi connectivity index (χ1) is 10.0. The number of nitrogen functional groups attached to an aromatic ring is 1. The van der Waals surface area contributed by atoms with Crippen LogP contribution in [0.1, 0.15) is 29.4 Å². The van der Waals surface area contributed by atoms with Gasteiger partial charge in [0, 0.05) is 33.3 Å². The predicted octanol–water partition coefficient (Wildman–Crippen LogP) is 3.54. The minimum Gasteiger partial charge on any atom is -0.397 e. The third-order valence-electron chi connectivity index (χ3n) is 3.92. The van der Waals surface area contributed by atoms with Crippen molar-refractivity contribution in [3.8, 4) is 0 Å². The molecule has 1 aromatic heterocycles. The fraction of sp³-hybridized carbons (Fsp3) is 0.400. The lowest BCUT2D eigenvalue weighted by molar-refractivity contribution is 0.0424. The number of halogens is 1. The molecule has 3 N–H and O–H groups in total. The number of amides is 1. The summed E-state index contributed by atoms with van der Waals surface area (Å²) in [6.07, 6.45) is 1.65. The number of fused-ring (bicyclic) bond motifs is 1. The maximum atomic E-state index is 12.6. The SMILES string of the molecule is CC1(NC(=O)c2sc3cccc(Br)c3c2N)CCOCC1. The van der Waals surface area contributed by atoms with Gasteiger partial charge in [0.15, 0.2) is 0 Å². The Bertz CT molecular complexity index is 692. The van der Waals surface area contributed by atoms with Crippen LogP contribution in [0, 0.1) is 0 Å². The van der Waals surface area contributed by atoms with Crippen molar-refractivity contribution in [3.63, 3.8) is 0 Å². The van der Waals surface area contributed by atoms with Crippen molar-refractivity contribution in [3.05, 3.63) is 27.5 Å². The molecule has 0 aliphatic carbocycles. The Morgan fingerprint density at radius 2 is 2.14 bits per heavy atom. The van der Waals surface area contributed by atoms with E-state index >= 15 is 0 Å². The van der Waals surface area contributed by atoms with Crippen LogP contribution in [0.15, 0.2) is 22.7 Å². The molecule has 1 saturated heterocycles. The van der Waals surface area contributed by atoms with E-state index in [1.807, 2.05) is 18.2 Å². The maximum absolute atomic E-state index is 12.6. The summed E-state index contributed by atoms with van der Waals surface area (Å²) in [7, 11) is 0. The van der Waals surface area contributed by atoms with E-state index in [9.17, 15) is 4.79 Å². The van der Waals surface area contributed by atoms with Crippen molar-refractivity contribution in [2.75, 3.05) is 18.9 Å². The van der Waals surface area contributed by atoms with Crippen LogP contribution in [-0.2, 0) is 4.74 Å². The highest BCUT2D eigenvalue weighted by Crippen LogP contribution is 2.38. The number of hydrogen-bond donors (Lipinski definition) is 2. The van der Waals surface area contributed by atoms with Gasteiger partial charge < -0.3 is 15.8 Å². The number of carbonyl (C=O) groups excluding carboxylic acids is 1. The molecular weight excluding hydrogens is 352 g/mol. The summed E-state index contributed by atoms with van der Waals surface area (Å²) >= 11 is 4.93. The monoisotopic (exact) mass is 368 g/mol. The van der Waals surface area contributed by atoms with Crippen LogP contribution in [0.5, 0.6) is 0 Å². The van der Waals surface area contributed by atoms with Crippen LogP contribution in [0.25, 0.3) is 10.1 Å². The zero-order valence-corrected chi connectivity index (χ0v) is 14.1. The first kappa shape index (κ1) is 14.8. The molecule has 3 rings (SSSR count). The lowest BCUT2D eigenvalue weighted by Crippen LogP contribution is -2.49. The molecule has 1 amide bonds. The van der Waals surface area contributed by atoms with E-state index in [0.29, 0.717) is 23.8 Å². The van der Waals surface area contributed by atoms with E-state index in [1.54, 1.807) is 0 Å². The van der Waals surface area contributed by atoms with E-state index in [1.165, 1.54) is 11.3 Å². The highest BCUT2D eigenvalue weighted by atomic mass is 79.9. The molecule has 112 valence electrons. The van der Waals surface area contributed by atoms with Crippen molar-refractivity contribution >= 4 is 48.9 Å². The molecule has 0 atom stereocenters. The average Bonchev–Trinajstić information content (AvgIpc) is 2.78. The first-order valence-electron chi connectivity index (χ1n) is 6.87. The normalized spacial score (nSPS) is 17.8. The number of benzene rings is 1. The number of hydrogen-bond acceptors (Lipinski definition) is 4. The van der Waals surface area contributed by atoms with Crippen molar-refractivity contribution in [1.29, 1.82) is 0 Å². The summed E-state index contributed by atoms with van der Waals surface area (Å²) < 4.78 is 7.30. The predicted molar refractivity (Wildman–Crippen MR) is 89.9 cm³/mol. The number of nitrogens with one attached hydrogen (secondary N) is 1. The molecule has 4 nitrogen and oxygen atoms in total. The summed E-state index contributed by atoms with van der Waals surface area (Å²) in [4.78, 5) is 13.2. The van der Waals surface area contributed by atoms with Gasteiger partial charge in [-0.25, -0.2) is 0 Å². The van der Waals surface area contributed by atoms with Gasteiger partial charge in [0.1, 0.15) is 4.88 Å². The van der Waals surface area contributed by atoms with Gasteiger partial charge in [-0.2, -0.15) is 0 Å². The Morgan fingerprint density at radius 1 is 1.43 bits per heavy atom. The lowest BCUT2D eigenvalue weighted by atomic mass is 9.92. The molecular formula is C15H17BrN2O2S. The molecule has 2 heterocycles. The minimum atomic E-state index is -0.213. The van der Waals surface area contributed by atoms with Crippen LogP contribution in [0.3, 0.4) is 0 Å². The molecule has 0 spiro atoms. The van der Waals surface area contributed by atoms with Crippen LogP contribution in [-0.4, -0.2) is 24.7 Å². The standard InChI is InChI=1S/C15H17BrN2O2S/c1-15(5-7-20-8-6-15)18-14(19)13-12(17)11-9(16)3-2-4-10(11)21-13/h2-4H,5-8,17H2,1H3,(H,18,19). The smallest absolute Gasteiger partial charge is 0.263 e. The van der Waals surface area contributed by atoms with E-state index in [0.717, 1.165) is 27.4 Å². The Balaban J connectivity index is 1.91. The van der Waals surface area contributed by atoms with Gasteiger partial charge in [-0.05, 0) is 31.9 Å². The summed E-state index contributed by atoms with van der Waals surface area (Å²) in [6.45, 7) is 3.43. The zero-order chi connectivity index (χ0) is 15.0. The van der Waals surface area contributed by atoms with E-state index in [4.69, 9.17) is 10.5 Å². The molecule has 0 saturated carbocycles. The molecule has 1 aromatic carbocycles. The van der Waals surface area contributed by atoms with E-state index in [2.05, 4.69) is 28.2 Å². The van der Waals surface area contributed by atoms with Crippen LogP contribution < -0.4 is 11.1 Å². The molecule has 0 radical (unpaired) electrons. The van der Waals surface area contributed by atoms with Crippen molar-refractivity contribution in [2.45, 2.75) is 25.3 Å². The van der Waals surface area contributed by atoms with Gasteiger partial charge in [0.25, 0.3) is 5.91 Å². The van der Waals surface area contributed by atoms with Crippen LogP contribution >= 0.6 is 27.3 Å². The summed E-state index contributed by atoms with van der Waals surface area (Å²) in [6, 6.07) is 5.87. The molecule has 21 heavy (non-hydrogen) atoms. The third-order valence-corrected chi connectivity index (χ3v) is 5.75. The topological polar surface area (TPSA) is 64.4 Å². The Morgan fingerprint density at radius 3 is 2.81 bits per heavy atom. The first-order valence-corrected chi connectivity index (χ1v) is 8.48. The summed E-state index contributed by atoms with van der Waals surface area (Å²) in [5, 5.41) is 4.05. The molecule has 1 fully saturated rings. The maximum Gasteiger partial charge on any atom is 0.263 e. The number of ether oxygens (including phenoxy) is 1. The quantitative estimate of drug-likeness (QED) is 0.851. The average molecular weight is 369 g/mol. The number of thiophene rings is 1. The highest BCUT2D eigenvalue weighted by Gasteiger charge is 2.30.